The molecule has 0 aliphatic rings. The minimum absolute atomic E-state index is 0.0183. The molecule has 0 amide bonds. The van der Waals surface area contributed by atoms with Gasteiger partial charge in [0, 0.05) is 16.5 Å². The molecule has 20 heavy (non-hydrogen) atoms. The van der Waals surface area contributed by atoms with Gasteiger partial charge in [0.05, 0.1) is 8.81 Å². The summed E-state index contributed by atoms with van der Waals surface area (Å²) in [6, 6.07) is 7.04. The van der Waals surface area contributed by atoms with E-state index in [1.807, 2.05) is 0 Å². The zero-order valence-corrected chi connectivity index (χ0v) is 14.2. The number of hydrogen-bond donors (Lipinski definition) is 0. The third-order valence-corrected chi connectivity index (χ3v) is 6.07. The van der Waals surface area contributed by atoms with Crippen LogP contribution in [-0.4, -0.2) is 14.3 Å². The minimum atomic E-state index is -4.04. The molecule has 0 spiro atoms. The van der Waals surface area contributed by atoms with E-state index in [-0.39, 0.29) is 14.8 Å². The summed E-state index contributed by atoms with van der Waals surface area (Å²) in [5.74, 6) is -0.934. The number of nitrogens with zero attached hydrogens (tertiary/aromatic N) is 1. The van der Waals surface area contributed by atoms with Crippen molar-refractivity contribution in [2.45, 2.75) is 4.21 Å². The average molecular weight is 414 g/mol. The Bertz CT molecular complexity index is 787. The predicted molar refractivity (Wildman–Crippen MR) is 82.2 cm³/mol. The van der Waals surface area contributed by atoms with Gasteiger partial charge in [-0.2, -0.15) is 12.8 Å². The highest BCUT2D eigenvalue weighted by atomic mass is 79.9. The van der Waals surface area contributed by atoms with Crippen LogP contribution in [-0.2, 0) is 10.0 Å². The molecule has 1 aromatic carbocycles. The van der Waals surface area contributed by atoms with Gasteiger partial charge in [-0.1, -0.05) is 29.3 Å². The lowest BCUT2D eigenvalue weighted by Gasteiger charge is -2.12. The molecule has 0 unspecified atom stereocenters. The van der Waals surface area contributed by atoms with Crippen LogP contribution in [0.15, 0.2) is 42.7 Å². The normalized spacial score (nSPS) is 12.7. The van der Waals surface area contributed by atoms with E-state index < -0.39 is 15.9 Å². The SMILES string of the molecule is O=S(=O)(/N=C(/[O-])c1ccc(Cl)cc1Cl)c1ccc(Br)s1. The van der Waals surface area contributed by atoms with Gasteiger partial charge in [-0.05, 0) is 40.2 Å². The third-order valence-electron chi connectivity index (χ3n) is 2.17. The van der Waals surface area contributed by atoms with Crippen molar-refractivity contribution < 1.29 is 13.5 Å². The second kappa shape index (κ2) is 6.03. The summed E-state index contributed by atoms with van der Waals surface area (Å²) < 4.78 is 27.7. The molecule has 1 heterocycles. The summed E-state index contributed by atoms with van der Waals surface area (Å²) >= 11 is 15.7. The van der Waals surface area contributed by atoms with E-state index in [0.29, 0.717) is 8.81 Å². The predicted octanol–water partition coefficient (Wildman–Crippen LogP) is 3.31. The van der Waals surface area contributed by atoms with Crippen molar-refractivity contribution in [3.05, 3.63) is 49.7 Å². The summed E-state index contributed by atoms with van der Waals surface area (Å²) in [5.41, 5.74) is -0.0183. The first-order valence-electron chi connectivity index (χ1n) is 5.02. The molecule has 1 aromatic heterocycles. The third kappa shape index (κ3) is 3.53. The summed E-state index contributed by atoms with van der Waals surface area (Å²) in [7, 11) is -4.04. The van der Waals surface area contributed by atoms with Gasteiger partial charge < -0.3 is 5.11 Å². The van der Waals surface area contributed by atoms with Crippen LogP contribution in [0.5, 0.6) is 0 Å². The van der Waals surface area contributed by atoms with E-state index >= 15 is 0 Å². The fourth-order valence-corrected chi connectivity index (χ4v) is 4.68. The highest BCUT2D eigenvalue weighted by molar-refractivity contribution is 9.11. The van der Waals surface area contributed by atoms with Crippen molar-refractivity contribution in [1.82, 2.24) is 0 Å². The van der Waals surface area contributed by atoms with Crippen LogP contribution in [0.3, 0.4) is 0 Å². The van der Waals surface area contributed by atoms with Crippen molar-refractivity contribution in [2.24, 2.45) is 4.40 Å². The Morgan fingerprint density at radius 1 is 1.25 bits per heavy atom. The van der Waals surface area contributed by atoms with Gasteiger partial charge in [0.2, 0.25) is 0 Å². The molecule has 0 saturated carbocycles. The number of hydrogen-bond acceptors (Lipinski definition) is 4. The van der Waals surface area contributed by atoms with Crippen LogP contribution in [0.25, 0.3) is 0 Å². The summed E-state index contributed by atoms with van der Waals surface area (Å²) in [5, 5.41) is 12.3. The monoisotopic (exact) mass is 412 g/mol. The number of rotatable bonds is 3. The second-order valence-electron chi connectivity index (χ2n) is 3.55. The van der Waals surface area contributed by atoms with Crippen molar-refractivity contribution in [1.29, 1.82) is 0 Å². The highest BCUT2D eigenvalue weighted by Crippen LogP contribution is 2.28. The molecule has 0 saturated heterocycles. The van der Waals surface area contributed by atoms with Gasteiger partial charge in [0.1, 0.15) is 4.21 Å². The fraction of sp³-hybridized carbons (Fsp3) is 0. The van der Waals surface area contributed by atoms with Gasteiger partial charge in [-0.25, -0.2) is 0 Å². The van der Waals surface area contributed by atoms with Crippen LogP contribution >= 0.6 is 50.5 Å². The lowest BCUT2D eigenvalue weighted by atomic mass is 10.2. The molecule has 0 bridgehead atoms. The summed E-state index contributed by atoms with van der Waals surface area (Å²) in [6.07, 6.45) is 0. The molecule has 9 heteroatoms. The summed E-state index contributed by atoms with van der Waals surface area (Å²) in [6.45, 7) is 0. The van der Waals surface area contributed by atoms with E-state index in [1.54, 1.807) is 6.07 Å². The lowest BCUT2D eigenvalue weighted by molar-refractivity contribution is -0.212. The van der Waals surface area contributed by atoms with E-state index in [9.17, 15) is 13.5 Å². The van der Waals surface area contributed by atoms with Gasteiger partial charge in [-0.3, -0.25) is 0 Å². The van der Waals surface area contributed by atoms with Crippen molar-refractivity contribution >= 4 is 66.4 Å². The molecule has 2 aromatic rings. The molecule has 4 nitrogen and oxygen atoms in total. The van der Waals surface area contributed by atoms with Crippen LogP contribution in [0, 0.1) is 0 Å². The molecule has 0 atom stereocenters. The Morgan fingerprint density at radius 2 is 1.95 bits per heavy atom. The zero-order chi connectivity index (χ0) is 14.9. The quantitative estimate of drug-likeness (QED) is 0.572. The first-order valence-corrected chi connectivity index (χ1v) is 8.83. The topological polar surface area (TPSA) is 69.6 Å². The van der Waals surface area contributed by atoms with Crippen molar-refractivity contribution in [2.75, 3.05) is 0 Å². The molecular weight excluding hydrogens is 409 g/mol. The Hall–Kier alpha value is -0.600. The van der Waals surface area contributed by atoms with E-state index in [1.165, 1.54) is 24.3 Å². The maximum absolute atomic E-state index is 11.9. The number of halogens is 3. The van der Waals surface area contributed by atoms with Gasteiger partial charge in [0.15, 0.2) is 0 Å². The van der Waals surface area contributed by atoms with E-state index in [2.05, 4.69) is 20.3 Å². The van der Waals surface area contributed by atoms with E-state index in [4.69, 9.17) is 23.2 Å². The molecule has 0 aliphatic carbocycles. The molecular formula is C11H5BrCl2NO3S2-. The highest BCUT2D eigenvalue weighted by Gasteiger charge is 2.15. The smallest absolute Gasteiger partial charge is 0.291 e. The van der Waals surface area contributed by atoms with Gasteiger partial charge in [0.25, 0.3) is 10.0 Å². The fourth-order valence-electron chi connectivity index (χ4n) is 1.30. The number of sulfonamides is 1. The van der Waals surface area contributed by atoms with Crippen LogP contribution in [0.4, 0.5) is 0 Å². The molecule has 0 fully saturated rings. The molecule has 0 aliphatic heterocycles. The Labute approximate surface area is 137 Å². The molecule has 0 radical (unpaired) electrons. The average Bonchev–Trinajstić information content (AvgIpc) is 2.75. The molecule has 2 rings (SSSR count). The second-order valence-corrected chi connectivity index (χ2v) is 8.69. The Morgan fingerprint density at radius 3 is 2.50 bits per heavy atom. The Balaban J connectivity index is 2.44. The Kier molecular flexibility index (Phi) is 4.76. The molecule has 106 valence electrons. The number of benzene rings is 1. The largest absolute Gasteiger partial charge is 0.858 e. The van der Waals surface area contributed by atoms with Crippen LogP contribution < -0.4 is 5.11 Å². The molecule has 0 N–H and O–H groups in total. The maximum atomic E-state index is 11.9. The summed E-state index contributed by atoms with van der Waals surface area (Å²) in [4.78, 5) is 0. The van der Waals surface area contributed by atoms with Crippen LogP contribution in [0.2, 0.25) is 10.0 Å². The zero-order valence-electron chi connectivity index (χ0n) is 9.51. The van der Waals surface area contributed by atoms with Crippen LogP contribution in [0.1, 0.15) is 5.56 Å². The standard InChI is InChI=1S/C11H6BrCl2NO3S2/c12-9-3-4-10(19-9)20(17,18)15-11(16)7-2-1-6(13)5-8(7)14/h1-5H,(H,15,16)/p-1. The lowest BCUT2D eigenvalue weighted by Crippen LogP contribution is -2.21. The van der Waals surface area contributed by atoms with E-state index in [0.717, 1.165) is 11.3 Å². The minimum Gasteiger partial charge on any atom is -0.858 e. The van der Waals surface area contributed by atoms with Gasteiger partial charge in [-0.15, -0.1) is 11.3 Å². The van der Waals surface area contributed by atoms with Crippen molar-refractivity contribution in [3.8, 4) is 0 Å². The number of thiophene rings is 1. The van der Waals surface area contributed by atoms with Crippen molar-refractivity contribution in [3.63, 3.8) is 0 Å². The first-order chi connectivity index (χ1) is 9.29. The first kappa shape index (κ1) is 15.8. The van der Waals surface area contributed by atoms with Gasteiger partial charge >= 0.3 is 0 Å². The maximum Gasteiger partial charge on any atom is 0.291 e.